The predicted molar refractivity (Wildman–Crippen MR) is 72.7 cm³/mol. The highest BCUT2D eigenvalue weighted by Crippen LogP contribution is 2.40. The lowest BCUT2D eigenvalue weighted by molar-refractivity contribution is 0.224. The van der Waals surface area contributed by atoms with Crippen LogP contribution >= 0.6 is 0 Å². The molecule has 0 spiro atoms. The summed E-state index contributed by atoms with van der Waals surface area (Å²) in [6, 6.07) is 11.0. The van der Waals surface area contributed by atoms with Crippen LogP contribution in [0.1, 0.15) is 38.2 Å². The molecule has 0 aromatic heterocycles. The molecule has 0 radical (unpaired) electrons. The monoisotopic (exact) mass is 232 g/mol. The first-order valence-corrected chi connectivity index (χ1v) is 6.72. The van der Waals surface area contributed by atoms with Gasteiger partial charge in [0.05, 0.1) is 0 Å². The molecule has 1 atom stereocenters. The smallest absolute Gasteiger partial charge is 0.0247 e. The molecular weight excluding hydrogens is 208 g/mol. The zero-order valence-corrected chi connectivity index (χ0v) is 10.8. The highest BCUT2D eigenvalue weighted by atomic mass is 15.0. The van der Waals surface area contributed by atoms with E-state index in [2.05, 4.69) is 42.6 Å². The van der Waals surface area contributed by atoms with Crippen LogP contribution in [-0.4, -0.2) is 12.6 Å². The van der Waals surface area contributed by atoms with Crippen LogP contribution < -0.4 is 11.1 Å². The van der Waals surface area contributed by atoms with Gasteiger partial charge in [-0.25, -0.2) is 0 Å². The Kier molecular flexibility index (Phi) is 4.19. The SMILES string of the molecule is CC1(C(CN)NCc2ccccc2)CCCC1. The van der Waals surface area contributed by atoms with Gasteiger partial charge in [0.25, 0.3) is 0 Å². The molecule has 17 heavy (non-hydrogen) atoms. The summed E-state index contributed by atoms with van der Waals surface area (Å²) < 4.78 is 0. The van der Waals surface area contributed by atoms with E-state index in [1.807, 2.05) is 0 Å². The third kappa shape index (κ3) is 3.08. The van der Waals surface area contributed by atoms with Crippen molar-refractivity contribution in [1.82, 2.24) is 5.32 Å². The molecule has 1 fully saturated rings. The van der Waals surface area contributed by atoms with Gasteiger partial charge in [-0.1, -0.05) is 50.1 Å². The maximum Gasteiger partial charge on any atom is 0.0247 e. The molecule has 2 nitrogen and oxygen atoms in total. The maximum absolute atomic E-state index is 5.94. The lowest BCUT2D eigenvalue weighted by atomic mass is 9.80. The second-order valence-corrected chi connectivity index (χ2v) is 5.52. The van der Waals surface area contributed by atoms with Crippen LogP contribution in [-0.2, 0) is 6.54 Å². The molecule has 1 saturated carbocycles. The van der Waals surface area contributed by atoms with E-state index in [1.54, 1.807) is 0 Å². The van der Waals surface area contributed by atoms with Gasteiger partial charge in [0.15, 0.2) is 0 Å². The van der Waals surface area contributed by atoms with Crippen molar-refractivity contribution < 1.29 is 0 Å². The van der Waals surface area contributed by atoms with Gasteiger partial charge in [0, 0.05) is 19.1 Å². The molecule has 94 valence electrons. The van der Waals surface area contributed by atoms with E-state index in [0.29, 0.717) is 11.5 Å². The summed E-state index contributed by atoms with van der Waals surface area (Å²) in [4.78, 5) is 0. The number of rotatable bonds is 5. The van der Waals surface area contributed by atoms with Gasteiger partial charge in [-0.15, -0.1) is 0 Å². The predicted octanol–water partition coefficient (Wildman–Crippen LogP) is 2.68. The first-order valence-electron chi connectivity index (χ1n) is 6.72. The molecule has 2 heteroatoms. The van der Waals surface area contributed by atoms with Crippen molar-refractivity contribution in [3.05, 3.63) is 35.9 Å². The Bertz CT molecular complexity index is 328. The molecule has 1 aromatic carbocycles. The summed E-state index contributed by atoms with van der Waals surface area (Å²) in [7, 11) is 0. The normalized spacial score (nSPS) is 20.4. The van der Waals surface area contributed by atoms with Crippen molar-refractivity contribution >= 4 is 0 Å². The zero-order valence-electron chi connectivity index (χ0n) is 10.8. The number of hydrogen-bond donors (Lipinski definition) is 2. The van der Waals surface area contributed by atoms with Crippen molar-refractivity contribution in [3.63, 3.8) is 0 Å². The average molecular weight is 232 g/mol. The Balaban J connectivity index is 1.92. The van der Waals surface area contributed by atoms with E-state index in [-0.39, 0.29) is 0 Å². The van der Waals surface area contributed by atoms with Gasteiger partial charge in [-0.2, -0.15) is 0 Å². The first-order chi connectivity index (χ1) is 8.24. The van der Waals surface area contributed by atoms with Crippen LogP contribution in [0, 0.1) is 5.41 Å². The number of hydrogen-bond acceptors (Lipinski definition) is 2. The summed E-state index contributed by atoms with van der Waals surface area (Å²) in [6.07, 6.45) is 5.35. The topological polar surface area (TPSA) is 38.0 Å². The Morgan fingerprint density at radius 1 is 1.24 bits per heavy atom. The van der Waals surface area contributed by atoms with E-state index in [9.17, 15) is 0 Å². The van der Waals surface area contributed by atoms with Gasteiger partial charge < -0.3 is 11.1 Å². The van der Waals surface area contributed by atoms with Crippen molar-refractivity contribution in [2.45, 2.75) is 45.2 Å². The molecule has 0 saturated heterocycles. The second kappa shape index (κ2) is 5.65. The molecule has 1 unspecified atom stereocenters. The minimum atomic E-state index is 0.406. The van der Waals surface area contributed by atoms with E-state index in [1.165, 1.54) is 31.2 Å². The van der Waals surface area contributed by atoms with Crippen molar-refractivity contribution in [2.24, 2.45) is 11.1 Å². The highest BCUT2D eigenvalue weighted by Gasteiger charge is 2.35. The summed E-state index contributed by atoms with van der Waals surface area (Å²) in [6.45, 7) is 4.05. The minimum absolute atomic E-state index is 0.406. The van der Waals surface area contributed by atoms with E-state index in [0.717, 1.165) is 13.1 Å². The third-order valence-corrected chi connectivity index (χ3v) is 4.22. The molecule has 0 amide bonds. The van der Waals surface area contributed by atoms with Crippen LogP contribution in [0.4, 0.5) is 0 Å². The van der Waals surface area contributed by atoms with Crippen molar-refractivity contribution in [1.29, 1.82) is 0 Å². The van der Waals surface area contributed by atoms with Gasteiger partial charge in [-0.05, 0) is 23.8 Å². The van der Waals surface area contributed by atoms with Crippen LogP contribution in [0.15, 0.2) is 30.3 Å². The Labute approximate surface area is 105 Å². The molecule has 0 bridgehead atoms. The molecule has 3 N–H and O–H groups in total. The van der Waals surface area contributed by atoms with E-state index < -0.39 is 0 Å². The average Bonchev–Trinajstić information content (AvgIpc) is 2.79. The molecule has 1 aromatic rings. The van der Waals surface area contributed by atoms with Gasteiger partial charge in [0.1, 0.15) is 0 Å². The molecule has 2 rings (SSSR count). The summed E-state index contributed by atoms with van der Waals surface area (Å²) >= 11 is 0. The molecule has 0 heterocycles. The number of nitrogens with two attached hydrogens (primary N) is 1. The highest BCUT2D eigenvalue weighted by molar-refractivity contribution is 5.14. The van der Waals surface area contributed by atoms with Gasteiger partial charge >= 0.3 is 0 Å². The standard InChI is InChI=1S/C15H24N2/c1-15(9-5-6-10-15)14(11-16)17-12-13-7-3-2-4-8-13/h2-4,7-8,14,17H,5-6,9-12,16H2,1H3. The fourth-order valence-electron chi connectivity index (χ4n) is 2.98. The lowest BCUT2D eigenvalue weighted by Crippen LogP contribution is -2.46. The van der Waals surface area contributed by atoms with E-state index in [4.69, 9.17) is 5.73 Å². The minimum Gasteiger partial charge on any atom is -0.329 e. The number of benzene rings is 1. The summed E-state index contributed by atoms with van der Waals surface area (Å²) in [5, 5.41) is 3.64. The van der Waals surface area contributed by atoms with Crippen LogP contribution in [0.2, 0.25) is 0 Å². The van der Waals surface area contributed by atoms with E-state index >= 15 is 0 Å². The third-order valence-electron chi connectivity index (χ3n) is 4.22. The Hall–Kier alpha value is -0.860. The van der Waals surface area contributed by atoms with Crippen LogP contribution in [0.3, 0.4) is 0 Å². The van der Waals surface area contributed by atoms with Crippen molar-refractivity contribution in [2.75, 3.05) is 6.54 Å². The van der Waals surface area contributed by atoms with Crippen LogP contribution in [0.5, 0.6) is 0 Å². The quantitative estimate of drug-likeness (QED) is 0.819. The maximum atomic E-state index is 5.94. The van der Waals surface area contributed by atoms with Crippen molar-refractivity contribution in [3.8, 4) is 0 Å². The van der Waals surface area contributed by atoms with Crippen LogP contribution in [0.25, 0.3) is 0 Å². The summed E-state index contributed by atoms with van der Waals surface area (Å²) in [5.74, 6) is 0. The fraction of sp³-hybridized carbons (Fsp3) is 0.600. The summed E-state index contributed by atoms with van der Waals surface area (Å²) in [5.41, 5.74) is 7.69. The molecular formula is C15H24N2. The largest absolute Gasteiger partial charge is 0.329 e. The number of nitrogens with one attached hydrogen (secondary N) is 1. The zero-order chi connectivity index (χ0) is 12.1. The fourth-order valence-corrected chi connectivity index (χ4v) is 2.98. The van der Waals surface area contributed by atoms with Gasteiger partial charge in [0.2, 0.25) is 0 Å². The molecule has 1 aliphatic carbocycles. The second-order valence-electron chi connectivity index (χ2n) is 5.52. The molecule has 0 aliphatic heterocycles. The first kappa shape index (κ1) is 12.6. The molecule has 1 aliphatic rings. The lowest BCUT2D eigenvalue weighted by Gasteiger charge is -2.34. The Morgan fingerprint density at radius 2 is 1.88 bits per heavy atom. The Morgan fingerprint density at radius 3 is 2.47 bits per heavy atom. The van der Waals surface area contributed by atoms with Gasteiger partial charge in [-0.3, -0.25) is 0 Å².